The summed E-state index contributed by atoms with van der Waals surface area (Å²) in [7, 11) is 1.64. The van der Waals surface area contributed by atoms with Crippen LogP contribution in [-0.4, -0.2) is 47.5 Å². The minimum Gasteiger partial charge on any atom is -0.383 e. The van der Waals surface area contributed by atoms with E-state index in [1.165, 1.54) is 0 Å². The van der Waals surface area contributed by atoms with Gasteiger partial charge in [0.25, 0.3) is 5.91 Å². The highest BCUT2D eigenvalue weighted by Crippen LogP contribution is 2.50. The van der Waals surface area contributed by atoms with Gasteiger partial charge in [0.15, 0.2) is 0 Å². The van der Waals surface area contributed by atoms with Crippen LogP contribution in [-0.2, 0) is 9.53 Å². The number of hydrogen-bond acceptors (Lipinski definition) is 4. The van der Waals surface area contributed by atoms with Crippen molar-refractivity contribution in [1.29, 1.82) is 0 Å². The van der Waals surface area contributed by atoms with Crippen LogP contribution in [0.25, 0.3) is 0 Å². The summed E-state index contributed by atoms with van der Waals surface area (Å²) in [6.45, 7) is 2.90. The highest BCUT2D eigenvalue weighted by molar-refractivity contribution is 6.05. The van der Waals surface area contributed by atoms with Crippen molar-refractivity contribution < 1.29 is 14.3 Å². The molecule has 1 aliphatic heterocycles. The van der Waals surface area contributed by atoms with Crippen LogP contribution in [0, 0.1) is 6.92 Å². The van der Waals surface area contributed by atoms with Gasteiger partial charge in [-0.1, -0.05) is 31.0 Å². The highest BCUT2D eigenvalue weighted by atomic mass is 16.5. The number of benzene rings is 1. The van der Waals surface area contributed by atoms with Crippen molar-refractivity contribution in [1.82, 2.24) is 9.88 Å². The second-order valence-corrected chi connectivity index (χ2v) is 7.99. The molecule has 152 valence electrons. The van der Waals surface area contributed by atoms with E-state index in [4.69, 9.17) is 4.74 Å². The van der Waals surface area contributed by atoms with Crippen molar-refractivity contribution in [2.45, 2.75) is 44.1 Å². The summed E-state index contributed by atoms with van der Waals surface area (Å²) in [5, 5.41) is 3.02. The SMILES string of the molecule is COCCN1C(=O)c2ccccc2[C@@H](C(=O)Nc2cc(C)ccn2)C12CCCC2. The molecule has 1 fully saturated rings. The lowest BCUT2D eigenvalue weighted by molar-refractivity contribution is -0.121. The number of rotatable bonds is 5. The third-order valence-corrected chi connectivity index (χ3v) is 6.24. The lowest BCUT2D eigenvalue weighted by Gasteiger charge is -2.50. The highest BCUT2D eigenvalue weighted by Gasteiger charge is 2.55. The van der Waals surface area contributed by atoms with Gasteiger partial charge in [0.2, 0.25) is 5.91 Å². The zero-order valence-corrected chi connectivity index (χ0v) is 17.0. The Balaban J connectivity index is 1.78. The zero-order chi connectivity index (χ0) is 20.4. The molecule has 4 rings (SSSR count). The third-order valence-electron chi connectivity index (χ3n) is 6.24. The number of ether oxygens (including phenoxy) is 1. The van der Waals surface area contributed by atoms with Gasteiger partial charge in [0, 0.05) is 25.4 Å². The Morgan fingerprint density at radius 1 is 1.28 bits per heavy atom. The number of aromatic nitrogens is 1. The molecule has 6 nitrogen and oxygen atoms in total. The molecule has 6 heteroatoms. The Kier molecular flexibility index (Phi) is 5.37. The smallest absolute Gasteiger partial charge is 0.254 e. The van der Waals surface area contributed by atoms with Crippen LogP contribution in [0.3, 0.4) is 0 Å². The zero-order valence-electron chi connectivity index (χ0n) is 17.0. The molecule has 2 aromatic rings. The maximum absolute atomic E-state index is 13.6. The lowest BCUT2D eigenvalue weighted by Crippen LogP contribution is -2.60. The number of anilines is 1. The molecule has 1 saturated carbocycles. The molecule has 0 saturated heterocycles. The van der Waals surface area contributed by atoms with Gasteiger partial charge in [-0.15, -0.1) is 0 Å². The maximum atomic E-state index is 13.6. The fraction of sp³-hybridized carbons (Fsp3) is 0.435. The van der Waals surface area contributed by atoms with Gasteiger partial charge >= 0.3 is 0 Å². The van der Waals surface area contributed by atoms with Crippen molar-refractivity contribution in [3.63, 3.8) is 0 Å². The Bertz CT molecular complexity index is 921. The minimum atomic E-state index is -0.516. The molecule has 0 radical (unpaired) electrons. The van der Waals surface area contributed by atoms with E-state index in [9.17, 15) is 9.59 Å². The predicted molar refractivity (Wildman–Crippen MR) is 111 cm³/mol. The maximum Gasteiger partial charge on any atom is 0.254 e. The molecular weight excluding hydrogens is 366 g/mol. The first kappa shape index (κ1) is 19.6. The second kappa shape index (κ2) is 7.95. The summed E-state index contributed by atoms with van der Waals surface area (Å²) < 4.78 is 5.28. The largest absolute Gasteiger partial charge is 0.383 e. The summed E-state index contributed by atoms with van der Waals surface area (Å²) in [6, 6.07) is 11.3. The number of methoxy groups -OCH3 is 1. The first-order valence-electron chi connectivity index (χ1n) is 10.2. The number of amides is 2. The molecule has 0 bridgehead atoms. The monoisotopic (exact) mass is 393 g/mol. The van der Waals surface area contributed by atoms with E-state index in [1.54, 1.807) is 13.3 Å². The quantitative estimate of drug-likeness (QED) is 0.844. The summed E-state index contributed by atoms with van der Waals surface area (Å²) in [4.78, 5) is 33.2. The van der Waals surface area contributed by atoms with Crippen molar-refractivity contribution >= 4 is 17.6 Å². The number of nitrogens with one attached hydrogen (secondary N) is 1. The summed E-state index contributed by atoms with van der Waals surface area (Å²) in [5.41, 5.74) is 1.95. The van der Waals surface area contributed by atoms with Crippen LogP contribution < -0.4 is 5.32 Å². The molecule has 1 aromatic carbocycles. The van der Waals surface area contributed by atoms with Crippen LogP contribution in [0.15, 0.2) is 42.6 Å². The molecule has 2 amide bonds. The molecular formula is C23H27N3O3. The van der Waals surface area contributed by atoms with Crippen LogP contribution in [0.4, 0.5) is 5.82 Å². The average molecular weight is 393 g/mol. The van der Waals surface area contributed by atoms with Gasteiger partial charge in [-0.05, 0) is 49.1 Å². The number of pyridine rings is 1. The normalized spacial score (nSPS) is 20.0. The minimum absolute atomic E-state index is 0.00252. The van der Waals surface area contributed by atoms with Crippen LogP contribution >= 0.6 is 0 Å². The van der Waals surface area contributed by atoms with E-state index in [0.717, 1.165) is 36.8 Å². The van der Waals surface area contributed by atoms with Gasteiger partial charge in [0.1, 0.15) is 5.82 Å². The fourth-order valence-electron chi connectivity index (χ4n) is 4.98. The number of carbonyl (C=O) groups is 2. The van der Waals surface area contributed by atoms with Gasteiger partial charge in [-0.3, -0.25) is 9.59 Å². The third kappa shape index (κ3) is 3.42. The number of carbonyl (C=O) groups excluding carboxylic acids is 2. The summed E-state index contributed by atoms with van der Waals surface area (Å²) in [6.07, 6.45) is 5.34. The lowest BCUT2D eigenvalue weighted by atomic mass is 9.71. The van der Waals surface area contributed by atoms with Gasteiger partial charge < -0.3 is 15.0 Å². The van der Waals surface area contributed by atoms with Crippen molar-refractivity contribution in [3.05, 3.63) is 59.3 Å². The van der Waals surface area contributed by atoms with E-state index in [-0.39, 0.29) is 11.8 Å². The molecule has 1 atom stereocenters. The first-order valence-corrected chi connectivity index (χ1v) is 10.2. The van der Waals surface area contributed by atoms with Gasteiger partial charge in [-0.2, -0.15) is 0 Å². The molecule has 2 heterocycles. The summed E-state index contributed by atoms with van der Waals surface area (Å²) in [5.74, 6) is 0.00341. The van der Waals surface area contributed by atoms with Gasteiger partial charge in [-0.25, -0.2) is 4.98 Å². The molecule has 1 aromatic heterocycles. The van der Waals surface area contributed by atoms with Crippen LogP contribution in [0.5, 0.6) is 0 Å². The standard InChI is InChI=1S/C23H27N3O3/c1-16-9-12-24-19(15-16)25-21(27)20-17-7-3-4-8-18(17)22(28)26(13-14-29-2)23(20)10-5-6-11-23/h3-4,7-9,12,15,20H,5-6,10-11,13-14H2,1-2H3,(H,24,25,27)/t20-/m0/s1. The number of fused-ring (bicyclic) bond motifs is 1. The van der Waals surface area contributed by atoms with E-state index in [2.05, 4.69) is 10.3 Å². The Morgan fingerprint density at radius 2 is 2.03 bits per heavy atom. The second-order valence-electron chi connectivity index (χ2n) is 7.99. The fourth-order valence-corrected chi connectivity index (χ4v) is 4.98. The van der Waals surface area contributed by atoms with E-state index >= 15 is 0 Å². The topological polar surface area (TPSA) is 71.5 Å². The van der Waals surface area contributed by atoms with Crippen molar-refractivity contribution in [2.75, 3.05) is 25.6 Å². The molecule has 0 unspecified atom stereocenters. The molecule has 1 spiro atoms. The van der Waals surface area contributed by atoms with E-state index < -0.39 is 11.5 Å². The van der Waals surface area contributed by atoms with Crippen molar-refractivity contribution in [3.8, 4) is 0 Å². The first-order chi connectivity index (χ1) is 14.1. The van der Waals surface area contributed by atoms with E-state index in [1.807, 2.05) is 48.2 Å². The van der Waals surface area contributed by atoms with Gasteiger partial charge in [0.05, 0.1) is 18.1 Å². The van der Waals surface area contributed by atoms with Crippen LogP contribution in [0.1, 0.15) is 53.1 Å². The summed E-state index contributed by atoms with van der Waals surface area (Å²) >= 11 is 0. The van der Waals surface area contributed by atoms with Crippen LogP contribution in [0.2, 0.25) is 0 Å². The number of aryl methyl sites for hydroxylation is 1. The van der Waals surface area contributed by atoms with Crippen molar-refractivity contribution in [2.24, 2.45) is 0 Å². The van der Waals surface area contributed by atoms with E-state index in [0.29, 0.717) is 24.5 Å². The molecule has 2 aliphatic rings. The number of nitrogens with zero attached hydrogens (tertiary/aromatic N) is 2. The molecule has 1 aliphatic carbocycles. The Morgan fingerprint density at radius 3 is 2.76 bits per heavy atom. The molecule has 29 heavy (non-hydrogen) atoms. The Hall–Kier alpha value is -2.73. The predicted octanol–water partition coefficient (Wildman–Crippen LogP) is 3.53. The number of hydrogen-bond donors (Lipinski definition) is 1. The Labute approximate surface area is 171 Å². The average Bonchev–Trinajstić information content (AvgIpc) is 3.18. The molecule has 1 N–H and O–H groups in total.